The van der Waals surface area contributed by atoms with Crippen LogP contribution in [0.5, 0.6) is 11.5 Å². The van der Waals surface area contributed by atoms with Gasteiger partial charge in [-0.3, -0.25) is 19.2 Å². The first-order chi connectivity index (χ1) is 42.5. The Hall–Kier alpha value is -10.6. The van der Waals surface area contributed by atoms with Crippen molar-refractivity contribution >= 4 is 66.4 Å². The van der Waals surface area contributed by atoms with Crippen molar-refractivity contribution < 1.29 is 10.2 Å². The Balaban J connectivity index is 0.000000121. The van der Waals surface area contributed by atoms with Gasteiger partial charge in [-0.2, -0.15) is 0 Å². The van der Waals surface area contributed by atoms with Crippen LogP contribution in [0.4, 0.5) is 22.7 Å². The summed E-state index contributed by atoms with van der Waals surface area (Å²) in [6, 6.07) is 60.5. The quantitative estimate of drug-likeness (QED) is 0.0856. The second kappa shape index (κ2) is 25.9. The van der Waals surface area contributed by atoms with E-state index in [9.17, 15) is 29.4 Å². The number of nitrogens with zero attached hydrogens (tertiary/aromatic N) is 4. The highest BCUT2D eigenvalue weighted by atomic mass is 16.3. The Labute approximate surface area is 510 Å². The van der Waals surface area contributed by atoms with Crippen molar-refractivity contribution in [1.82, 2.24) is 19.9 Å². The summed E-state index contributed by atoms with van der Waals surface area (Å²) < 4.78 is 0. The van der Waals surface area contributed by atoms with Crippen molar-refractivity contribution in [2.24, 2.45) is 0 Å². The Morgan fingerprint density at radius 1 is 0.352 bits per heavy atom. The highest BCUT2D eigenvalue weighted by Crippen LogP contribution is 2.32. The van der Waals surface area contributed by atoms with E-state index < -0.39 is 0 Å². The largest absolute Gasteiger partial charge is 0.507 e. The van der Waals surface area contributed by atoms with Gasteiger partial charge in [0.15, 0.2) is 21.7 Å². The number of phenolic OH excluding ortho intramolecular Hbond substituents is 2. The van der Waals surface area contributed by atoms with E-state index in [4.69, 9.17) is 0 Å². The third kappa shape index (κ3) is 13.3. The molecular formula is C74H72N8O6. The number of hydrogen-bond donors (Lipinski definition) is 6. The summed E-state index contributed by atoms with van der Waals surface area (Å²) in [6.45, 7) is 8.39. The van der Waals surface area contributed by atoms with Gasteiger partial charge in [0.25, 0.3) is 0 Å². The molecule has 0 radical (unpaired) electrons. The lowest BCUT2D eigenvalue weighted by molar-refractivity contribution is 0.476. The molecule has 14 heteroatoms. The number of H-pyrrole nitrogens is 4. The third-order valence-electron chi connectivity index (χ3n) is 16.3. The van der Waals surface area contributed by atoms with Crippen molar-refractivity contribution in [2.75, 3.05) is 74.0 Å². The van der Waals surface area contributed by atoms with E-state index >= 15 is 0 Å². The van der Waals surface area contributed by atoms with Gasteiger partial charge in [-0.15, -0.1) is 0 Å². The second-order valence-electron chi connectivity index (χ2n) is 23.1. The highest BCUT2D eigenvalue weighted by Gasteiger charge is 2.17. The Morgan fingerprint density at radius 2 is 0.682 bits per heavy atom. The molecule has 2 saturated heterocycles. The summed E-state index contributed by atoms with van der Waals surface area (Å²) in [5.41, 5.74) is 16.3. The van der Waals surface area contributed by atoms with Crippen LogP contribution in [0.3, 0.4) is 0 Å². The molecule has 0 amide bonds. The number of para-hydroxylation sites is 2. The number of anilines is 4. The maximum absolute atomic E-state index is 12.6. The topological polar surface area (TPSA) is 185 Å². The van der Waals surface area contributed by atoms with Gasteiger partial charge in [0.05, 0.1) is 11.4 Å². The average molecular weight is 1170 g/mol. The molecule has 444 valence electrons. The van der Waals surface area contributed by atoms with E-state index in [1.54, 1.807) is 54.6 Å². The molecule has 4 aromatic heterocycles. The first-order valence-corrected chi connectivity index (χ1v) is 29.8. The number of benzene rings is 8. The first-order valence-electron chi connectivity index (χ1n) is 29.8. The van der Waals surface area contributed by atoms with E-state index in [2.05, 4.69) is 67.0 Å². The molecule has 0 atom stereocenters. The van der Waals surface area contributed by atoms with Gasteiger partial charge in [0.2, 0.25) is 0 Å². The fraction of sp³-hybridized carbons (Fsp3) is 0.189. The minimum absolute atomic E-state index is 0.0296. The van der Waals surface area contributed by atoms with Crippen LogP contribution in [0.25, 0.3) is 88.6 Å². The van der Waals surface area contributed by atoms with E-state index in [0.717, 1.165) is 104 Å². The fourth-order valence-electron chi connectivity index (χ4n) is 11.5. The molecule has 0 saturated carbocycles. The molecule has 0 unspecified atom stereocenters. The number of hydrogen-bond acceptors (Lipinski definition) is 10. The van der Waals surface area contributed by atoms with Crippen molar-refractivity contribution in [3.05, 3.63) is 246 Å². The lowest BCUT2D eigenvalue weighted by atomic mass is 10.1. The molecule has 2 aliphatic heterocycles. The molecule has 0 aliphatic carbocycles. The minimum atomic E-state index is -0.0642. The molecular weight excluding hydrogens is 1100 g/mol. The van der Waals surface area contributed by atoms with Gasteiger partial charge in [0.1, 0.15) is 11.5 Å². The van der Waals surface area contributed by atoms with Crippen molar-refractivity contribution in [3.63, 3.8) is 0 Å². The van der Waals surface area contributed by atoms with E-state index in [0.29, 0.717) is 33.3 Å². The van der Waals surface area contributed by atoms with Gasteiger partial charge in [-0.25, -0.2) is 0 Å². The normalized spacial score (nSPS) is 12.8. The predicted molar refractivity (Wildman–Crippen MR) is 364 cm³/mol. The van der Waals surface area contributed by atoms with Crippen LogP contribution < -0.4 is 41.3 Å². The predicted octanol–water partition coefficient (Wildman–Crippen LogP) is 14.1. The molecule has 6 heterocycles. The zero-order valence-electron chi connectivity index (χ0n) is 50.4. The lowest BCUT2D eigenvalue weighted by Crippen LogP contribution is -2.17. The number of aromatic hydroxyl groups is 2. The van der Waals surface area contributed by atoms with Gasteiger partial charge >= 0.3 is 0 Å². The molecule has 14 nitrogen and oxygen atoms in total. The van der Waals surface area contributed by atoms with Crippen molar-refractivity contribution in [3.8, 4) is 56.5 Å². The van der Waals surface area contributed by atoms with Gasteiger partial charge in [-0.1, -0.05) is 71.8 Å². The molecule has 8 aromatic carbocycles. The monoisotopic (exact) mass is 1170 g/mol. The van der Waals surface area contributed by atoms with E-state index in [-0.39, 0.29) is 33.2 Å². The number of nitrogens with one attached hydrogen (secondary N) is 4. The number of fused-ring (bicyclic) bond motifs is 4. The van der Waals surface area contributed by atoms with Crippen LogP contribution in [0.1, 0.15) is 36.8 Å². The maximum atomic E-state index is 12.6. The molecule has 12 aromatic rings. The summed E-state index contributed by atoms with van der Waals surface area (Å²) in [5, 5.41) is 22.7. The lowest BCUT2D eigenvalue weighted by Gasteiger charge is -2.18. The van der Waals surface area contributed by atoms with Crippen LogP contribution in [0.2, 0.25) is 0 Å². The summed E-state index contributed by atoms with van der Waals surface area (Å²) in [5.74, 6) is 0.314. The first kappa shape index (κ1) is 59.1. The molecule has 2 aliphatic rings. The second-order valence-corrected chi connectivity index (χ2v) is 23.1. The van der Waals surface area contributed by atoms with E-state index in [1.165, 1.54) is 42.9 Å². The fourth-order valence-corrected chi connectivity index (χ4v) is 11.5. The zero-order chi connectivity index (χ0) is 61.6. The summed E-state index contributed by atoms with van der Waals surface area (Å²) in [7, 11) is 7.81. The summed E-state index contributed by atoms with van der Waals surface area (Å²) in [6.07, 6.45) is 4.89. The molecule has 2 fully saturated rings. The molecule has 0 bridgehead atoms. The van der Waals surface area contributed by atoms with Gasteiger partial charge < -0.3 is 49.7 Å². The van der Waals surface area contributed by atoms with Crippen molar-refractivity contribution in [1.29, 1.82) is 0 Å². The van der Waals surface area contributed by atoms with E-state index in [1.807, 2.05) is 148 Å². The maximum Gasteiger partial charge on any atom is 0.190 e. The SMILES string of the molecule is CN(C)c1ccc2[nH]c(-c3ccccc3O)cc(=O)c2c1.Cc1cccc(-c2cc(=O)c3cc(N(C)C)ccc3[nH]2)c1.Cc1cccc(-c2cc(=O)c3cc(N4CCCC4)ccc3[nH]2)c1.O=c1cc(-c2ccccc2O)[nH]c2ccc(N3CCCC3)cc12. The highest BCUT2D eigenvalue weighted by molar-refractivity contribution is 5.89. The molecule has 88 heavy (non-hydrogen) atoms. The molecule has 0 spiro atoms. The number of pyridine rings is 4. The minimum Gasteiger partial charge on any atom is -0.507 e. The third-order valence-corrected chi connectivity index (χ3v) is 16.3. The molecule has 6 N–H and O–H groups in total. The standard InChI is InChI=1S/C20H20N2O.C19H18N2O2.C18H18N2O.C17H16N2O2/c1-14-5-4-6-15(11-14)19-13-20(23)17-12-16(7-8-18(17)21-19)22-9-2-3-10-22;22-18-6-2-1-5-14(18)17-12-19(23)15-11-13(7-8-16(15)20-17)21-9-3-4-10-21;1-12-5-4-6-13(9-12)17-11-18(21)15-10-14(20(2)3)7-8-16(15)19-17;1-19(2)11-7-8-14-13(9-11)17(21)10-15(18-14)12-5-3-4-6-16(12)20/h4-8,11-13H,2-3,9-10H2,1H3,(H,21,23);1-2,5-8,11-12,22H,3-4,9-10H2,(H,20,23);4-11H,1-3H3,(H,19,21);3-10,20H,1-2H3,(H,18,21). The van der Waals surface area contributed by atoms with Crippen LogP contribution >= 0.6 is 0 Å². The summed E-state index contributed by atoms with van der Waals surface area (Å²) >= 11 is 0. The van der Waals surface area contributed by atoms with Crippen LogP contribution in [-0.2, 0) is 0 Å². The van der Waals surface area contributed by atoms with Crippen LogP contribution in [0, 0.1) is 13.8 Å². The number of aromatic nitrogens is 4. The number of rotatable bonds is 8. The number of aryl methyl sites for hydroxylation is 2. The number of aromatic amines is 4. The average Bonchev–Trinajstić information content (AvgIpc) is 2.48. The van der Waals surface area contributed by atoms with Crippen LogP contribution in [0.15, 0.2) is 213 Å². The van der Waals surface area contributed by atoms with Gasteiger partial charge in [-0.05, 0) is 160 Å². The summed E-state index contributed by atoms with van der Waals surface area (Å²) in [4.78, 5) is 71.7. The molecule has 14 rings (SSSR count). The smallest absolute Gasteiger partial charge is 0.190 e. The van der Waals surface area contributed by atoms with Crippen molar-refractivity contribution in [2.45, 2.75) is 39.5 Å². The van der Waals surface area contributed by atoms with Gasteiger partial charge in [0, 0.05) is 168 Å². The Kier molecular flexibility index (Phi) is 17.4. The Morgan fingerprint density at radius 3 is 1.03 bits per heavy atom. The number of phenols is 2. The van der Waals surface area contributed by atoms with Crippen LogP contribution in [-0.4, -0.2) is 84.5 Å². The zero-order valence-corrected chi connectivity index (χ0v) is 50.4. The Bertz CT molecular complexity index is 4780.